The molecule has 0 amide bonds. The van der Waals surface area contributed by atoms with E-state index in [-0.39, 0.29) is 0 Å². The van der Waals surface area contributed by atoms with E-state index in [2.05, 4.69) is 43.1 Å². The molecule has 1 aliphatic rings. The highest BCUT2D eigenvalue weighted by Crippen LogP contribution is 2.29. The number of nitrogens with zero attached hydrogens (tertiary/aromatic N) is 1. The van der Waals surface area contributed by atoms with E-state index in [9.17, 15) is 0 Å². The van der Waals surface area contributed by atoms with Crippen molar-refractivity contribution in [3.05, 3.63) is 64.0 Å². The SMILES string of the molecule is Cc1cccc2c1Cc1c(C)ccnc1C2. The lowest BCUT2D eigenvalue weighted by molar-refractivity contribution is 0.919. The van der Waals surface area contributed by atoms with Gasteiger partial charge < -0.3 is 0 Å². The number of hydrogen-bond donors (Lipinski definition) is 0. The van der Waals surface area contributed by atoms with Crippen LogP contribution in [0.4, 0.5) is 0 Å². The number of aromatic nitrogens is 1. The average Bonchev–Trinajstić information content (AvgIpc) is 2.28. The number of pyridine rings is 1. The molecule has 0 aliphatic heterocycles. The van der Waals surface area contributed by atoms with Crippen molar-refractivity contribution in [2.24, 2.45) is 0 Å². The first-order chi connectivity index (χ1) is 7.75. The average molecular weight is 209 g/mol. The second-order valence-electron chi connectivity index (χ2n) is 4.62. The van der Waals surface area contributed by atoms with Crippen LogP contribution in [0.3, 0.4) is 0 Å². The third-order valence-corrected chi connectivity index (χ3v) is 3.60. The van der Waals surface area contributed by atoms with Gasteiger partial charge in [-0.25, -0.2) is 0 Å². The number of aryl methyl sites for hydroxylation is 2. The molecule has 80 valence electrons. The molecular weight excluding hydrogens is 194 g/mol. The molecule has 16 heavy (non-hydrogen) atoms. The van der Waals surface area contributed by atoms with Crippen LogP contribution >= 0.6 is 0 Å². The van der Waals surface area contributed by atoms with Crippen LogP contribution in [-0.4, -0.2) is 4.98 Å². The molecule has 0 unspecified atom stereocenters. The molecule has 1 heterocycles. The van der Waals surface area contributed by atoms with Gasteiger partial charge in [0.2, 0.25) is 0 Å². The summed E-state index contributed by atoms with van der Waals surface area (Å²) in [6, 6.07) is 8.70. The number of benzene rings is 1. The lowest BCUT2D eigenvalue weighted by Crippen LogP contribution is -2.11. The van der Waals surface area contributed by atoms with Gasteiger partial charge in [0, 0.05) is 24.7 Å². The summed E-state index contributed by atoms with van der Waals surface area (Å²) in [5, 5.41) is 0. The molecule has 1 heteroatoms. The molecule has 0 N–H and O–H groups in total. The lowest BCUT2D eigenvalue weighted by Gasteiger charge is -2.21. The standard InChI is InChI=1S/C15H15N/c1-10-4-3-5-12-8-15-14(9-13(10)12)11(2)6-7-16-15/h3-7H,8-9H2,1-2H3. The summed E-state index contributed by atoms with van der Waals surface area (Å²) in [5.74, 6) is 0. The first-order valence-corrected chi connectivity index (χ1v) is 5.76. The summed E-state index contributed by atoms with van der Waals surface area (Å²) in [7, 11) is 0. The second-order valence-corrected chi connectivity index (χ2v) is 4.62. The second kappa shape index (κ2) is 3.44. The van der Waals surface area contributed by atoms with Crippen LogP contribution in [0.15, 0.2) is 30.5 Å². The number of fused-ring (bicyclic) bond motifs is 2. The van der Waals surface area contributed by atoms with E-state index in [1.165, 1.54) is 33.5 Å². The normalized spacial score (nSPS) is 13.1. The maximum Gasteiger partial charge on any atom is 0.0485 e. The Morgan fingerprint density at radius 2 is 1.75 bits per heavy atom. The number of rotatable bonds is 0. The molecule has 0 saturated heterocycles. The van der Waals surface area contributed by atoms with E-state index in [0.29, 0.717) is 0 Å². The van der Waals surface area contributed by atoms with Crippen LogP contribution in [0.1, 0.15) is 33.5 Å². The predicted octanol–water partition coefficient (Wildman–Crippen LogP) is 3.19. The first-order valence-electron chi connectivity index (χ1n) is 5.76. The first kappa shape index (κ1) is 9.59. The molecule has 0 saturated carbocycles. The van der Waals surface area contributed by atoms with Gasteiger partial charge in [0.05, 0.1) is 0 Å². The monoisotopic (exact) mass is 209 g/mol. The minimum Gasteiger partial charge on any atom is -0.261 e. The Kier molecular flexibility index (Phi) is 2.06. The minimum absolute atomic E-state index is 0.994. The van der Waals surface area contributed by atoms with Gasteiger partial charge >= 0.3 is 0 Å². The molecule has 2 aromatic rings. The molecule has 0 fully saturated rings. The van der Waals surface area contributed by atoms with E-state index in [1.54, 1.807) is 0 Å². The van der Waals surface area contributed by atoms with Crippen molar-refractivity contribution in [3.8, 4) is 0 Å². The van der Waals surface area contributed by atoms with Gasteiger partial charge in [0.1, 0.15) is 0 Å². The van der Waals surface area contributed by atoms with E-state index in [0.717, 1.165) is 12.8 Å². The van der Waals surface area contributed by atoms with Crippen molar-refractivity contribution in [1.82, 2.24) is 4.98 Å². The molecule has 3 rings (SSSR count). The van der Waals surface area contributed by atoms with Crippen molar-refractivity contribution >= 4 is 0 Å². The maximum absolute atomic E-state index is 4.51. The zero-order chi connectivity index (χ0) is 11.1. The summed E-state index contributed by atoms with van der Waals surface area (Å²) in [5.41, 5.74) is 8.43. The fourth-order valence-corrected chi connectivity index (χ4v) is 2.58. The Morgan fingerprint density at radius 3 is 2.62 bits per heavy atom. The zero-order valence-electron chi connectivity index (χ0n) is 9.75. The maximum atomic E-state index is 4.51. The Balaban J connectivity index is 2.17. The third-order valence-electron chi connectivity index (χ3n) is 3.60. The lowest BCUT2D eigenvalue weighted by atomic mass is 9.85. The van der Waals surface area contributed by atoms with Crippen molar-refractivity contribution in [2.45, 2.75) is 26.7 Å². The molecule has 0 bridgehead atoms. The van der Waals surface area contributed by atoms with Gasteiger partial charge in [-0.15, -0.1) is 0 Å². The Labute approximate surface area is 96.2 Å². The van der Waals surface area contributed by atoms with Crippen LogP contribution in [0.25, 0.3) is 0 Å². The Morgan fingerprint density at radius 1 is 0.938 bits per heavy atom. The summed E-state index contributed by atoms with van der Waals surface area (Å²) in [4.78, 5) is 4.51. The highest BCUT2D eigenvalue weighted by atomic mass is 14.7. The van der Waals surface area contributed by atoms with Crippen LogP contribution in [-0.2, 0) is 12.8 Å². The van der Waals surface area contributed by atoms with Gasteiger partial charge in [0.15, 0.2) is 0 Å². The molecule has 1 nitrogen and oxygen atoms in total. The summed E-state index contributed by atoms with van der Waals surface area (Å²) in [6.07, 6.45) is 3.97. The summed E-state index contributed by atoms with van der Waals surface area (Å²) in [6.45, 7) is 4.39. The fraction of sp³-hybridized carbons (Fsp3) is 0.267. The van der Waals surface area contributed by atoms with E-state index >= 15 is 0 Å². The third kappa shape index (κ3) is 1.35. The Bertz CT molecular complexity index is 506. The van der Waals surface area contributed by atoms with Gasteiger partial charge in [-0.2, -0.15) is 0 Å². The van der Waals surface area contributed by atoms with Gasteiger partial charge in [-0.05, 0) is 47.7 Å². The van der Waals surface area contributed by atoms with Crippen LogP contribution < -0.4 is 0 Å². The minimum atomic E-state index is 0.994. The smallest absolute Gasteiger partial charge is 0.0485 e. The van der Waals surface area contributed by atoms with Crippen molar-refractivity contribution in [3.63, 3.8) is 0 Å². The molecule has 1 aromatic carbocycles. The molecule has 1 aliphatic carbocycles. The largest absolute Gasteiger partial charge is 0.261 e. The number of hydrogen-bond acceptors (Lipinski definition) is 1. The zero-order valence-corrected chi connectivity index (χ0v) is 9.75. The highest BCUT2D eigenvalue weighted by molar-refractivity contribution is 5.48. The summed E-state index contributed by atoms with van der Waals surface area (Å²) >= 11 is 0. The highest BCUT2D eigenvalue weighted by Gasteiger charge is 2.18. The van der Waals surface area contributed by atoms with Gasteiger partial charge in [-0.3, -0.25) is 4.98 Å². The van der Waals surface area contributed by atoms with E-state index in [1.807, 2.05) is 6.20 Å². The molecule has 1 aromatic heterocycles. The van der Waals surface area contributed by atoms with Crippen LogP contribution in [0, 0.1) is 13.8 Å². The van der Waals surface area contributed by atoms with Crippen LogP contribution in [0.5, 0.6) is 0 Å². The molecular formula is C15H15N. The van der Waals surface area contributed by atoms with Gasteiger partial charge in [0.25, 0.3) is 0 Å². The summed E-state index contributed by atoms with van der Waals surface area (Å²) < 4.78 is 0. The van der Waals surface area contributed by atoms with E-state index < -0.39 is 0 Å². The van der Waals surface area contributed by atoms with Gasteiger partial charge in [-0.1, -0.05) is 18.2 Å². The molecule has 0 atom stereocenters. The topological polar surface area (TPSA) is 12.9 Å². The van der Waals surface area contributed by atoms with Crippen molar-refractivity contribution < 1.29 is 0 Å². The predicted molar refractivity (Wildman–Crippen MR) is 65.8 cm³/mol. The van der Waals surface area contributed by atoms with E-state index in [4.69, 9.17) is 0 Å². The Hall–Kier alpha value is -1.63. The molecule has 0 radical (unpaired) electrons. The molecule has 0 spiro atoms. The fourth-order valence-electron chi connectivity index (χ4n) is 2.58. The van der Waals surface area contributed by atoms with Crippen LogP contribution in [0.2, 0.25) is 0 Å². The van der Waals surface area contributed by atoms with Crippen molar-refractivity contribution in [2.75, 3.05) is 0 Å². The van der Waals surface area contributed by atoms with Crippen molar-refractivity contribution in [1.29, 1.82) is 0 Å². The quantitative estimate of drug-likeness (QED) is 0.554.